The van der Waals surface area contributed by atoms with Crippen LogP contribution in [0.5, 0.6) is 0 Å². The van der Waals surface area contributed by atoms with E-state index >= 15 is 0 Å². The summed E-state index contributed by atoms with van der Waals surface area (Å²) in [6.45, 7) is 0. The Kier molecular flexibility index (Phi) is 5.27. The number of rotatable bonds is 4. The molecule has 0 aliphatic carbocycles. The molecule has 2 rings (SSSR count). The first-order valence-corrected chi connectivity index (χ1v) is 8.31. The van der Waals surface area contributed by atoms with Crippen molar-refractivity contribution in [3.8, 4) is 0 Å². The van der Waals surface area contributed by atoms with E-state index in [0.29, 0.717) is 5.56 Å². The molecule has 2 aromatic rings. The third kappa shape index (κ3) is 4.24. The van der Waals surface area contributed by atoms with E-state index in [0.717, 1.165) is 15.0 Å². The lowest BCUT2D eigenvalue weighted by Gasteiger charge is -2.06. The van der Waals surface area contributed by atoms with Gasteiger partial charge in [0.2, 0.25) is 0 Å². The number of hydrogen-bond donors (Lipinski definition) is 1. The zero-order chi connectivity index (χ0) is 13.7. The smallest absolute Gasteiger partial charge is 0.255 e. The fraction of sp³-hybridized carbons (Fsp3) is 0.133. The Morgan fingerprint density at radius 3 is 2.32 bits per heavy atom. The number of benzene rings is 2. The average molecular weight is 383 g/mol. The highest BCUT2D eigenvalue weighted by Crippen LogP contribution is 2.14. The molecule has 19 heavy (non-hydrogen) atoms. The monoisotopic (exact) mass is 383 g/mol. The molecule has 2 nitrogen and oxygen atoms in total. The van der Waals surface area contributed by atoms with Gasteiger partial charge in [0.1, 0.15) is 0 Å². The molecular weight excluding hydrogens is 369 g/mol. The van der Waals surface area contributed by atoms with Gasteiger partial charge < -0.3 is 5.32 Å². The van der Waals surface area contributed by atoms with E-state index < -0.39 is 0 Å². The molecule has 0 aliphatic rings. The summed E-state index contributed by atoms with van der Waals surface area (Å²) in [4.78, 5) is 12.0. The minimum absolute atomic E-state index is 0.0723. The third-order valence-corrected chi connectivity index (χ3v) is 3.97. The van der Waals surface area contributed by atoms with E-state index in [4.69, 9.17) is 0 Å². The van der Waals surface area contributed by atoms with Gasteiger partial charge in [-0.1, -0.05) is 12.1 Å². The van der Waals surface area contributed by atoms with E-state index in [1.807, 2.05) is 48.5 Å². The Morgan fingerprint density at radius 1 is 1.11 bits per heavy atom. The van der Waals surface area contributed by atoms with Crippen LogP contribution in [0.15, 0.2) is 48.5 Å². The SMILES string of the molecule is CSCc1ccc(C(=O)Nc2ccc(I)cc2)cc1. The number of anilines is 1. The van der Waals surface area contributed by atoms with Crippen LogP contribution in [0.2, 0.25) is 0 Å². The molecule has 0 radical (unpaired) electrons. The first kappa shape index (κ1) is 14.4. The molecule has 0 fully saturated rings. The molecule has 0 aliphatic heterocycles. The Hall–Kier alpha value is -1.01. The van der Waals surface area contributed by atoms with Crippen molar-refractivity contribution >= 4 is 45.9 Å². The van der Waals surface area contributed by atoms with Gasteiger partial charge in [-0.25, -0.2) is 0 Å². The largest absolute Gasteiger partial charge is 0.322 e. The zero-order valence-electron chi connectivity index (χ0n) is 10.5. The Morgan fingerprint density at radius 2 is 1.74 bits per heavy atom. The summed E-state index contributed by atoms with van der Waals surface area (Å²) >= 11 is 4.01. The summed E-state index contributed by atoms with van der Waals surface area (Å²) in [5.41, 5.74) is 2.74. The minimum Gasteiger partial charge on any atom is -0.322 e. The molecule has 4 heteroatoms. The summed E-state index contributed by atoms with van der Waals surface area (Å²) < 4.78 is 1.15. The van der Waals surface area contributed by atoms with Gasteiger partial charge in [-0.15, -0.1) is 0 Å². The van der Waals surface area contributed by atoms with E-state index in [1.54, 1.807) is 11.8 Å². The summed E-state index contributed by atoms with van der Waals surface area (Å²) in [7, 11) is 0. The van der Waals surface area contributed by atoms with Gasteiger partial charge in [-0.2, -0.15) is 11.8 Å². The van der Waals surface area contributed by atoms with Crippen LogP contribution >= 0.6 is 34.4 Å². The van der Waals surface area contributed by atoms with Gasteiger partial charge in [-0.3, -0.25) is 4.79 Å². The number of carbonyl (C=O) groups is 1. The maximum absolute atomic E-state index is 12.0. The molecule has 0 unspecified atom stereocenters. The highest BCUT2D eigenvalue weighted by Gasteiger charge is 2.05. The lowest BCUT2D eigenvalue weighted by molar-refractivity contribution is 0.102. The van der Waals surface area contributed by atoms with Crippen LogP contribution in [0.4, 0.5) is 5.69 Å². The molecule has 0 bridgehead atoms. The van der Waals surface area contributed by atoms with Crippen LogP contribution in [-0.2, 0) is 5.75 Å². The quantitative estimate of drug-likeness (QED) is 0.793. The molecule has 1 amide bonds. The fourth-order valence-corrected chi connectivity index (χ4v) is 2.54. The molecule has 1 N–H and O–H groups in total. The van der Waals surface area contributed by atoms with Gasteiger partial charge in [0.15, 0.2) is 0 Å². The second kappa shape index (κ2) is 6.96. The highest BCUT2D eigenvalue weighted by molar-refractivity contribution is 14.1. The van der Waals surface area contributed by atoms with Crippen LogP contribution < -0.4 is 5.32 Å². The predicted molar refractivity (Wildman–Crippen MR) is 90.8 cm³/mol. The minimum atomic E-state index is -0.0723. The van der Waals surface area contributed by atoms with Gasteiger partial charge in [0.05, 0.1) is 0 Å². The van der Waals surface area contributed by atoms with Crippen molar-refractivity contribution < 1.29 is 4.79 Å². The molecule has 0 saturated carbocycles. The Labute approximate surface area is 131 Å². The first-order chi connectivity index (χ1) is 9.19. The highest BCUT2D eigenvalue weighted by atomic mass is 127. The fourth-order valence-electron chi connectivity index (χ4n) is 1.66. The van der Waals surface area contributed by atoms with E-state index in [9.17, 15) is 4.79 Å². The Bertz CT molecular complexity index is 551. The van der Waals surface area contributed by atoms with E-state index in [2.05, 4.69) is 34.2 Å². The standard InChI is InChI=1S/C15H14INOS/c1-19-10-11-2-4-12(5-3-11)15(18)17-14-8-6-13(16)7-9-14/h2-9H,10H2,1H3,(H,17,18). The molecule has 2 aromatic carbocycles. The van der Waals surface area contributed by atoms with Crippen molar-refractivity contribution in [2.75, 3.05) is 11.6 Å². The molecule has 0 aromatic heterocycles. The van der Waals surface area contributed by atoms with Crippen molar-refractivity contribution in [2.24, 2.45) is 0 Å². The number of hydrogen-bond acceptors (Lipinski definition) is 2. The average Bonchev–Trinajstić information content (AvgIpc) is 2.42. The number of amides is 1. The van der Waals surface area contributed by atoms with Gasteiger partial charge in [-0.05, 0) is 70.8 Å². The second-order valence-electron chi connectivity index (χ2n) is 4.09. The molecule has 0 atom stereocenters. The van der Waals surface area contributed by atoms with Gasteiger partial charge in [0.25, 0.3) is 5.91 Å². The van der Waals surface area contributed by atoms with E-state index in [1.165, 1.54) is 5.56 Å². The van der Waals surface area contributed by atoms with Gasteiger partial charge >= 0.3 is 0 Å². The zero-order valence-corrected chi connectivity index (χ0v) is 13.5. The van der Waals surface area contributed by atoms with Crippen LogP contribution in [0.3, 0.4) is 0 Å². The molecule has 0 spiro atoms. The molecular formula is C15H14INOS. The number of halogens is 1. The molecule has 0 saturated heterocycles. The lowest BCUT2D eigenvalue weighted by Crippen LogP contribution is -2.11. The summed E-state index contributed by atoms with van der Waals surface area (Å²) in [5.74, 6) is 0.899. The lowest BCUT2D eigenvalue weighted by atomic mass is 10.1. The van der Waals surface area contributed by atoms with Crippen molar-refractivity contribution in [1.29, 1.82) is 0 Å². The van der Waals surface area contributed by atoms with Gasteiger partial charge in [0, 0.05) is 20.6 Å². The Balaban J connectivity index is 2.05. The van der Waals surface area contributed by atoms with Crippen LogP contribution in [-0.4, -0.2) is 12.2 Å². The van der Waals surface area contributed by atoms with Crippen molar-refractivity contribution in [3.05, 3.63) is 63.2 Å². The third-order valence-electron chi connectivity index (χ3n) is 2.63. The number of carbonyl (C=O) groups excluding carboxylic acids is 1. The predicted octanol–water partition coefficient (Wildman–Crippen LogP) is 4.41. The van der Waals surface area contributed by atoms with Crippen LogP contribution in [0.25, 0.3) is 0 Å². The van der Waals surface area contributed by atoms with Crippen LogP contribution in [0, 0.1) is 3.57 Å². The maximum atomic E-state index is 12.0. The van der Waals surface area contributed by atoms with Crippen molar-refractivity contribution in [1.82, 2.24) is 0 Å². The molecule has 98 valence electrons. The van der Waals surface area contributed by atoms with E-state index in [-0.39, 0.29) is 5.91 Å². The number of nitrogens with one attached hydrogen (secondary N) is 1. The van der Waals surface area contributed by atoms with Crippen molar-refractivity contribution in [3.63, 3.8) is 0 Å². The normalized spacial score (nSPS) is 10.2. The maximum Gasteiger partial charge on any atom is 0.255 e. The summed E-state index contributed by atoms with van der Waals surface area (Å²) in [6.07, 6.45) is 2.07. The van der Waals surface area contributed by atoms with Crippen LogP contribution in [0.1, 0.15) is 15.9 Å². The molecule has 0 heterocycles. The number of thioether (sulfide) groups is 1. The summed E-state index contributed by atoms with van der Waals surface area (Å²) in [6, 6.07) is 15.5. The summed E-state index contributed by atoms with van der Waals surface area (Å²) in [5, 5.41) is 2.89. The second-order valence-corrected chi connectivity index (χ2v) is 6.20. The van der Waals surface area contributed by atoms with Crippen molar-refractivity contribution in [2.45, 2.75) is 5.75 Å². The topological polar surface area (TPSA) is 29.1 Å². The first-order valence-electron chi connectivity index (χ1n) is 5.84.